The number of nitrogens with zero attached hydrogens (tertiary/aromatic N) is 2. The summed E-state index contributed by atoms with van der Waals surface area (Å²) in [7, 11) is 1.78. The average Bonchev–Trinajstić information content (AvgIpc) is 2.62. The summed E-state index contributed by atoms with van der Waals surface area (Å²) in [5.41, 5.74) is -0.450. The van der Waals surface area contributed by atoms with Crippen LogP contribution in [0.25, 0.3) is 0 Å². The molecule has 158 valence electrons. The number of piperidine rings is 1. The minimum absolute atomic E-state index is 0.210. The molecule has 0 radical (unpaired) electrons. The molecule has 0 bridgehead atoms. The smallest absolute Gasteiger partial charge is 0.410 e. The third kappa shape index (κ3) is 11.1. The van der Waals surface area contributed by atoms with Gasteiger partial charge < -0.3 is 25.0 Å². The normalized spacial score (nSPS) is 18.3. The monoisotopic (exact) mass is 384 g/mol. The summed E-state index contributed by atoms with van der Waals surface area (Å²) in [5.74, 6) is 1.21. The molecular weight excluding hydrogens is 344 g/mol. The second kappa shape index (κ2) is 12.8. The van der Waals surface area contributed by atoms with Gasteiger partial charge in [-0.1, -0.05) is 13.3 Å². The maximum atomic E-state index is 12.3. The Labute approximate surface area is 165 Å². The van der Waals surface area contributed by atoms with E-state index in [1.165, 1.54) is 6.42 Å². The van der Waals surface area contributed by atoms with Gasteiger partial charge in [0.25, 0.3) is 0 Å². The van der Waals surface area contributed by atoms with Crippen LogP contribution in [-0.4, -0.2) is 69.0 Å². The minimum Gasteiger partial charge on any atom is -0.444 e. The fraction of sp³-hybridized carbons (Fsp3) is 0.900. The summed E-state index contributed by atoms with van der Waals surface area (Å²) >= 11 is 0. The van der Waals surface area contributed by atoms with Crippen LogP contribution >= 0.6 is 0 Å². The van der Waals surface area contributed by atoms with Gasteiger partial charge in [-0.2, -0.15) is 0 Å². The summed E-state index contributed by atoms with van der Waals surface area (Å²) < 4.78 is 11.1. The fourth-order valence-corrected chi connectivity index (χ4v) is 2.92. The molecule has 1 aliphatic rings. The molecule has 0 spiro atoms. The third-order valence-electron chi connectivity index (χ3n) is 4.35. The molecule has 1 saturated heterocycles. The number of aliphatic imine (C=N–C) groups is 1. The number of likely N-dealkylation sites (tertiary alicyclic amines) is 1. The largest absolute Gasteiger partial charge is 0.444 e. The van der Waals surface area contributed by atoms with Crippen molar-refractivity contribution < 1.29 is 14.3 Å². The van der Waals surface area contributed by atoms with Gasteiger partial charge in [-0.3, -0.25) is 4.99 Å². The highest BCUT2D eigenvalue weighted by Gasteiger charge is 2.27. The van der Waals surface area contributed by atoms with E-state index < -0.39 is 5.60 Å². The van der Waals surface area contributed by atoms with Crippen LogP contribution in [0.15, 0.2) is 4.99 Å². The SMILES string of the molecule is CCCCOCCCNC(=NC)NCC1CCCN(C(=O)OC(C)(C)C)C1. The van der Waals surface area contributed by atoms with Crippen molar-refractivity contribution in [2.75, 3.05) is 46.4 Å². The molecule has 0 aromatic heterocycles. The molecule has 0 aliphatic carbocycles. The molecule has 2 N–H and O–H groups in total. The van der Waals surface area contributed by atoms with E-state index in [1.807, 2.05) is 25.7 Å². The van der Waals surface area contributed by atoms with E-state index in [1.54, 1.807) is 7.05 Å². The van der Waals surface area contributed by atoms with Gasteiger partial charge in [0.05, 0.1) is 0 Å². The summed E-state index contributed by atoms with van der Waals surface area (Å²) in [4.78, 5) is 18.4. The van der Waals surface area contributed by atoms with Gasteiger partial charge in [0.15, 0.2) is 5.96 Å². The molecule has 0 saturated carbocycles. The van der Waals surface area contributed by atoms with Crippen LogP contribution in [0.4, 0.5) is 4.79 Å². The van der Waals surface area contributed by atoms with Gasteiger partial charge in [0, 0.05) is 46.4 Å². The molecule has 7 nitrogen and oxygen atoms in total. The maximum absolute atomic E-state index is 12.3. The number of amides is 1. The fourth-order valence-electron chi connectivity index (χ4n) is 2.92. The lowest BCUT2D eigenvalue weighted by Crippen LogP contribution is -2.47. The van der Waals surface area contributed by atoms with Crippen molar-refractivity contribution in [1.82, 2.24) is 15.5 Å². The van der Waals surface area contributed by atoms with Crippen LogP contribution in [0, 0.1) is 5.92 Å². The Bertz CT molecular complexity index is 449. The number of guanidine groups is 1. The summed E-state index contributed by atoms with van der Waals surface area (Å²) in [5, 5.41) is 6.70. The molecule has 27 heavy (non-hydrogen) atoms. The standard InChI is InChI=1S/C20H40N4O3/c1-6-7-13-26-14-9-11-22-18(21-5)23-15-17-10-8-12-24(16-17)19(25)27-20(2,3)4/h17H,6-16H2,1-5H3,(H2,21,22,23). The number of rotatable bonds is 9. The molecule has 0 aromatic rings. The number of hydrogen-bond acceptors (Lipinski definition) is 4. The summed E-state index contributed by atoms with van der Waals surface area (Å²) in [6, 6.07) is 0. The molecule has 1 amide bonds. The highest BCUT2D eigenvalue weighted by atomic mass is 16.6. The molecule has 7 heteroatoms. The van der Waals surface area contributed by atoms with Crippen LogP contribution in [0.2, 0.25) is 0 Å². The van der Waals surface area contributed by atoms with E-state index in [4.69, 9.17) is 9.47 Å². The second-order valence-corrected chi connectivity index (χ2v) is 8.13. The zero-order valence-electron chi connectivity index (χ0n) is 18.0. The predicted octanol–water partition coefficient (Wildman–Crippen LogP) is 3.01. The third-order valence-corrected chi connectivity index (χ3v) is 4.35. The zero-order valence-corrected chi connectivity index (χ0v) is 18.0. The molecule has 1 atom stereocenters. The highest BCUT2D eigenvalue weighted by Crippen LogP contribution is 2.18. The van der Waals surface area contributed by atoms with Gasteiger partial charge in [-0.25, -0.2) is 4.79 Å². The Balaban J connectivity index is 2.25. The molecule has 1 fully saturated rings. The lowest BCUT2D eigenvalue weighted by Gasteiger charge is -2.34. The molecule has 1 unspecified atom stereocenters. The molecule has 0 aromatic carbocycles. The minimum atomic E-state index is -0.450. The Hall–Kier alpha value is -1.50. The summed E-state index contributed by atoms with van der Waals surface area (Å²) in [6.07, 6.45) is 5.15. The Morgan fingerprint density at radius 1 is 1.22 bits per heavy atom. The Kier molecular flexibility index (Phi) is 11.2. The highest BCUT2D eigenvalue weighted by molar-refractivity contribution is 5.79. The van der Waals surface area contributed by atoms with Crippen LogP contribution < -0.4 is 10.6 Å². The number of carbonyl (C=O) groups is 1. The van der Waals surface area contributed by atoms with Crippen molar-refractivity contribution in [3.05, 3.63) is 0 Å². The zero-order chi connectivity index (χ0) is 20.1. The lowest BCUT2D eigenvalue weighted by molar-refractivity contribution is 0.0168. The van der Waals surface area contributed by atoms with Crippen LogP contribution in [0.5, 0.6) is 0 Å². The van der Waals surface area contributed by atoms with Crippen molar-refractivity contribution in [3.63, 3.8) is 0 Å². The van der Waals surface area contributed by atoms with Crippen LogP contribution in [-0.2, 0) is 9.47 Å². The van der Waals surface area contributed by atoms with Crippen molar-refractivity contribution >= 4 is 12.1 Å². The van der Waals surface area contributed by atoms with E-state index in [2.05, 4.69) is 22.5 Å². The average molecular weight is 385 g/mol. The quantitative estimate of drug-likeness (QED) is 0.363. The van der Waals surface area contributed by atoms with E-state index in [0.717, 1.165) is 71.0 Å². The van der Waals surface area contributed by atoms with Gasteiger partial charge >= 0.3 is 6.09 Å². The first-order valence-electron chi connectivity index (χ1n) is 10.4. The second-order valence-electron chi connectivity index (χ2n) is 8.13. The predicted molar refractivity (Wildman–Crippen MR) is 110 cm³/mol. The van der Waals surface area contributed by atoms with Gasteiger partial charge in [-0.15, -0.1) is 0 Å². The molecule has 1 rings (SSSR count). The first kappa shape index (κ1) is 23.5. The molecule has 1 aliphatic heterocycles. The first-order chi connectivity index (χ1) is 12.9. The Morgan fingerprint density at radius 2 is 1.96 bits per heavy atom. The first-order valence-corrected chi connectivity index (χ1v) is 10.4. The van der Waals surface area contributed by atoms with Crippen molar-refractivity contribution in [1.29, 1.82) is 0 Å². The number of hydrogen-bond donors (Lipinski definition) is 2. The van der Waals surface area contributed by atoms with E-state index in [0.29, 0.717) is 5.92 Å². The maximum Gasteiger partial charge on any atom is 0.410 e. The van der Waals surface area contributed by atoms with E-state index in [9.17, 15) is 4.79 Å². The van der Waals surface area contributed by atoms with Crippen molar-refractivity contribution in [3.8, 4) is 0 Å². The van der Waals surface area contributed by atoms with Crippen LogP contribution in [0.1, 0.15) is 59.8 Å². The topological polar surface area (TPSA) is 75.2 Å². The Morgan fingerprint density at radius 3 is 2.63 bits per heavy atom. The van der Waals surface area contributed by atoms with Gasteiger partial charge in [0.1, 0.15) is 5.60 Å². The number of unbranched alkanes of at least 4 members (excludes halogenated alkanes) is 1. The van der Waals surface area contributed by atoms with Gasteiger partial charge in [-0.05, 0) is 52.4 Å². The van der Waals surface area contributed by atoms with Crippen molar-refractivity contribution in [2.45, 2.75) is 65.4 Å². The lowest BCUT2D eigenvalue weighted by atomic mass is 9.98. The van der Waals surface area contributed by atoms with E-state index >= 15 is 0 Å². The summed E-state index contributed by atoms with van der Waals surface area (Å²) in [6.45, 7) is 12.6. The number of carbonyl (C=O) groups excluding carboxylic acids is 1. The van der Waals surface area contributed by atoms with Crippen LogP contribution in [0.3, 0.4) is 0 Å². The van der Waals surface area contributed by atoms with Crippen molar-refractivity contribution in [2.24, 2.45) is 10.9 Å². The molecule has 1 heterocycles. The number of ether oxygens (including phenoxy) is 2. The molecular formula is C20H40N4O3. The van der Waals surface area contributed by atoms with Gasteiger partial charge in [0.2, 0.25) is 0 Å². The number of nitrogens with one attached hydrogen (secondary N) is 2. The van der Waals surface area contributed by atoms with E-state index in [-0.39, 0.29) is 6.09 Å².